The number of carbonyl (C=O) groups excluding carboxylic acids is 1. The van der Waals surface area contributed by atoms with Gasteiger partial charge in [-0.2, -0.15) is 0 Å². The monoisotopic (exact) mass is 290 g/mol. The van der Waals surface area contributed by atoms with E-state index in [0.29, 0.717) is 6.54 Å². The van der Waals surface area contributed by atoms with Gasteiger partial charge in [-0.25, -0.2) is 0 Å². The lowest BCUT2D eigenvalue weighted by Gasteiger charge is -2.35. The van der Waals surface area contributed by atoms with Gasteiger partial charge in [0.1, 0.15) is 0 Å². The summed E-state index contributed by atoms with van der Waals surface area (Å²) in [5, 5.41) is 16.6. The molecule has 0 atom stereocenters. The zero-order chi connectivity index (χ0) is 15.3. The average Bonchev–Trinajstić information content (AvgIpc) is 2.44. The molecule has 116 valence electrons. The van der Waals surface area contributed by atoms with E-state index in [4.69, 9.17) is 0 Å². The van der Waals surface area contributed by atoms with Crippen LogP contribution in [0.5, 0.6) is 0 Å². The summed E-state index contributed by atoms with van der Waals surface area (Å²) >= 11 is 0. The molecule has 0 aliphatic heterocycles. The lowest BCUT2D eigenvalue weighted by Crippen LogP contribution is -2.43. The fourth-order valence-corrected chi connectivity index (χ4v) is 2.82. The highest BCUT2D eigenvalue weighted by Gasteiger charge is 2.31. The number of hydrogen-bond donors (Lipinski definition) is 3. The van der Waals surface area contributed by atoms with E-state index in [1.54, 1.807) is 0 Å². The fraction of sp³-hybridized carbons (Fsp3) is 0.588. The van der Waals surface area contributed by atoms with Crippen molar-refractivity contribution >= 4 is 11.6 Å². The van der Waals surface area contributed by atoms with Crippen molar-refractivity contribution in [1.82, 2.24) is 5.32 Å². The molecule has 0 heterocycles. The first-order valence-corrected chi connectivity index (χ1v) is 7.76. The minimum absolute atomic E-state index is 0.0605. The number of nitrogens with one attached hydrogen (secondary N) is 2. The summed E-state index contributed by atoms with van der Waals surface area (Å²) in [5.74, 6) is 0.682. The first-order valence-electron chi connectivity index (χ1n) is 7.76. The van der Waals surface area contributed by atoms with Gasteiger partial charge in [-0.05, 0) is 49.3 Å². The van der Waals surface area contributed by atoms with E-state index < -0.39 is 5.60 Å². The van der Waals surface area contributed by atoms with Crippen LogP contribution < -0.4 is 10.6 Å². The second-order valence-corrected chi connectivity index (χ2v) is 6.39. The van der Waals surface area contributed by atoms with Crippen molar-refractivity contribution in [2.24, 2.45) is 5.92 Å². The third kappa shape index (κ3) is 5.14. The third-order valence-electron chi connectivity index (χ3n) is 4.26. The van der Waals surface area contributed by atoms with Gasteiger partial charge in [-0.1, -0.05) is 19.1 Å². The molecule has 0 bridgehead atoms. The molecule has 0 spiro atoms. The van der Waals surface area contributed by atoms with Gasteiger partial charge in [0.2, 0.25) is 5.91 Å². The molecule has 1 amide bonds. The molecule has 4 nitrogen and oxygen atoms in total. The van der Waals surface area contributed by atoms with Crippen LogP contribution in [0.15, 0.2) is 24.3 Å². The van der Waals surface area contributed by atoms with E-state index in [1.807, 2.05) is 24.3 Å². The molecular formula is C17H26N2O2. The van der Waals surface area contributed by atoms with Crippen LogP contribution >= 0.6 is 0 Å². The predicted molar refractivity (Wildman–Crippen MR) is 85.0 cm³/mol. The van der Waals surface area contributed by atoms with Crippen LogP contribution in [0, 0.1) is 5.92 Å². The van der Waals surface area contributed by atoms with Crippen molar-refractivity contribution in [3.63, 3.8) is 0 Å². The summed E-state index contributed by atoms with van der Waals surface area (Å²) in [6.07, 6.45) is 4.01. The Balaban J connectivity index is 1.76. The van der Waals surface area contributed by atoms with E-state index in [9.17, 15) is 9.90 Å². The molecule has 1 fully saturated rings. The van der Waals surface area contributed by atoms with Gasteiger partial charge in [0.15, 0.2) is 0 Å². The largest absolute Gasteiger partial charge is 0.389 e. The number of amides is 1. The van der Waals surface area contributed by atoms with Crippen molar-refractivity contribution in [2.75, 3.05) is 11.9 Å². The van der Waals surface area contributed by atoms with E-state index in [1.165, 1.54) is 6.92 Å². The molecule has 1 aromatic carbocycles. The SMILES string of the molecule is CC(=O)Nc1ccc(CNCC2(O)CCC(C)CC2)cc1. The molecule has 0 unspecified atom stereocenters. The Bertz CT molecular complexity index is 462. The Morgan fingerprint density at radius 1 is 1.29 bits per heavy atom. The summed E-state index contributed by atoms with van der Waals surface area (Å²) in [5.41, 5.74) is 1.42. The number of hydrogen-bond acceptors (Lipinski definition) is 3. The van der Waals surface area contributed by atoms with Crippen molar-refractivity contribution in [3.05, 3.63) is 29.8 Å². The molecule has 1 aliphatic rings. The fourth-order valence-electron chi connectivity index (χ4n) is 2.82. The van der Waals surface area contributed by atoms with Gasteiger partial charge in [-0.15, -0.1) is 0 Å². The van der Waals surface area contributed by atoms with Crippen molar-refractivity contribution < 1.29 is 9.90 Å². The number of benzene rings is 1. The van der Waals surface area contributed by atoms with Crippen LogP contribution in [0.25, 0.3) is 0 Å². The smallest absolute Gasteiger partial charge is 0.221 e. The molecule has 2 rings (SSSR count). The standard InChI is InChI=1S/C17H26N2O2/c1-13-7-9-17(21,10-8-13)12-18-11-15-3-5-16(6-4-15)19-14(2)20/h3-6,13,18,21H,7-12H2,1-2H3,(H,19,20). The maximum absolute atomic E-state index is 11.0. The lowest BCUT2D eigenvalue weighted by molar-refractivity contribution is -0.114. The summed E-state index contributed by atoms with van der Waals surface area (Å²) < 4.78 is 0. The van der Waals surface area contributed by atoms with Crippen molar-refractivity contribution in [1.29, 1.82) is 0 Å². The van der Waals surface area contributed by atoms with Gasteiger partial charge < -0.3 is 15.7 Å². The number of aliphatic hydroxyl groups is 1. The van der Waals surface area contributed by atoms with Crippen LogP contribution in [0.3, 0.4) is 0 Å². The van der Waals surface area contributed by atoms with Gasteiger partial charge in [0.25, 0.3) is 0 Å². The zero-order valence-electron chi connectivity index (χ0n) is 13.0. The number of anilines is 1. The highest BCUT2D eigenvalue weighted by molar-refractivity contribution is 5.88. The summed E-state index contributed by atoms with van der Waals surface area (Å²) in [6.45, 7) is 5.14. The van der Waals surface area contributed by atoms with Crippen LogP contribution in [0.4, 0.5) is 5.69 Å². The molecule has 0 saturated heterocycles. The van der Waals surface area contributed by atoms with Gasteiger partial charge >= 0.3 is 0 Å². The van der Waals surface area contributed by atoms with Crippen LogP contribution in [-0.2, 0) is 11.3 Å². The molecule has 1 aliphatic carbocycles. The topological polar surface area (TPSA) is 61.4 Å². The van der Waals surface area contributed by atoms with Crippen molar-refractivity contribution in [2.45, 2.75) is 51.7 Å². The van der Waals surface area contributed by atoms with Crippen molar-refractivity contribution in [3.8, 4) is 0 Å². The zero-order valence-corrected chi connectivity index (χ0v) is 13.0. The molecule has 21 heavy (non-hydrogen) atoms. The Kier molecular flexibility index (Phi) is 5.37. The Hall–Kier alpha value is -1.39. The first kappa shape index (κ1) is 16.0. The van der Waals surface area contributed by atoms with E-state index in [0.717, 1.165) is 49.4 Å². The second kappa shape index (κ2) is 7.05. The van der Waals surface area contributed by atoms with E-state index >= 15 is 0 Å². The Morgan fingerprint density at radius 2 is 1.90 bits per heavy atom. The molecular weight excluding hydrogens is 264 g/mol. The molecule has 1 saturated carbocycles. The first-order chi connectivity index (χ1) is 9.97. The van der Waals surface area contributed by atoms with Gasteiger partial charge in [0, 0.05) is 25.7 Å². The molecule has 1 aromatic rings. The Morgan fingerprint density at radius 3 is 2.48 bits per heavy atom. The maximum atomic E-state index is 11.0. The van der Waals surface area contributed by atoms with Gasteiger partial charge in [0.05, 0.1) is 5.60 Å². The molecule has 4 heteroatoms. The third-order valence-corrected chi connectivity index (χ3v) is 4.26. The maximum Gasteiger partial charge on any atom is 0.221 e. The average molecular weight is 290 g/mol. The number of rotatable bonds is 5. The predicted octanol–water partition coefficient (Wildman–Crippen LogP) is 2.68. The number of carbonyl (C=O) groups is 1. The molecule has 3 N–H and O–H groups in total. The highest BCUT2D eigenvalue weighted by atomic mass is 16.3. The highest BCUT2D eigenvalue weighted by Crippen LogP contribution is 2.31. The summed E-state index contributed by atoms with van der Waals surface area (Å²) in [6, 6.07) is 7.78. The Labute approximate surface area is 126 Å². The van der Waals surface area contributed by atoms with E-state index in [2.05, 4.69) is 17.6 Å². The quantitative estimate of drug-likeness (QED) is 0.781. The second-order valence-electron chi connectivity index (χ2n) is 6.39. The van der Waals surface area contributed by atoms with E-state index in [-0.39, 0.29) is 5.91 Å². The van der Waals surface area contributed by atoms with Crippen LogP contribution in [0.1, 0.15) is 45.1 Å². The normalized spacial score (nSPS) is 25.6. The van der Waals surface area contributed by atoms with Gasteiger partial charge in [-0.3, -0.25) is 4.79 Å². The summed E-state index contributed by atoms with van der Waals surface area (Å²) in [7, 11) is 0. The molecule has 0 aromatic heterocycles. The minimum atomic E-state index is -0.539. The summed E-state index contributed by atoms with van der Waals surface area (Å²) in [4.78, 5) is 11.0. The van der Waals surface area contributed by atoms with Crippen LogP contribution in [0.2, 0.25) is 0 Å². The lowest BCUT2D eigenvalue weighted by atomic mass is 9.79. The molecule has 0 radical (unpaired) electrons. The van der Waals surface area contributed by atoms with Crippen LogP contribution in [-0.4, -0.2) is 23.2 Å². The minimum Gasteiger partial charge on any atom is -0.389 e.